The molecule has 0 aromatic heterocycles. The molecule has 2 saturated carbocycles. The van der Waals surface area contributed by atoms with Crippen LogP contribution in [0.25, 0.3) is 0 Å². The summed E-state index contributed by atoms with van der Waals surface area (Å²) < 4.78 is 18.5. The molecule has 1 radical (unpaired) electrons. The average Bonchev–Trinajstić information content (AvgIpc) is 3.65. The van der Waals surface area contributed by atoms with E-state index in [4.69, 9.17) is 14.2 Å². The van der Waals surface area contributed by atoms with E-state index in [1.165, 1.54) is 51.4 Å². The number of hydrogen-bond acceptors (Lipinski definition) is 9. The fourth-order valence-corrected chi connectivity index (χ4v) is 10.9. The molecule has 2 aromatic carbocycles. The number of benzene rings is 2. The van der Waals surface area contributed by atoms with Crippen molar-refractivity contribution in [2.75, 3.05) is 20.4 Å². The SMILES string of the molecule is Cc1cc2c(c(OC(=O)CCC3CCCCC3)c1C)[C@@H]1C3Cc4c(O)c(C)c5c(c4[C@H](CNC(=O)CC4CCCCC4)N3[C@@H](C#N)[C@@H](C2)N1C)OCO5.[Ac]. The van der Waals surface area contributed by atoms with Crippen LogP contribution in [0.3, 0.4) is 0 Å². The zero-order valence-electron chi connectivity index (χ0n) is 32.5. The molecule has 2 aromatic rings. The summed E-state index contributed by atoms with van der Waals surface area (Å²) in [7, 11) is 2.09. The summed E-state index contributed by atoms with van der Waals surface area (Å²) in [6, 6.07) is 3.34. The Labute approximate surface area is 356 Å². The van der Waals surface area contributed by atoms with Gasteiger partial charge in [0, 0.05) is 97.8 Å². The molecule has 54 heavy (non-hydrogen) atoms. The number of aromatic hydroxyl groups is 1. The number of piperazine rings is 1. The third kappa shape index (κ3) is 7.21. The summed E-state index contributed by atoms with van der Waals surface area (Å²) in [5.41, 5.74) is 6.35. The van der Waals surface area contributed by atoms with Crippen molar-refractivity contribution in [1.29, 1.82) is 5.26 Å². The number of phenolic OH excluding ortho intramolecular Hbond substituents is 1. The van der Waals surface area contributed by atoms with Gasteiger partial charge in [0.1, 0.15) is 17.5 Å². The average molecular weight is 952 g/mol. The summed E-state index contributed by atoms with van der Waals surface area (Å²) in [5, 5.41) is 26.2. The maximum Gasteiger partial charge on any atom is 0.311 e. The zero-order valence-corrected chi connectivity index (χ0v) is 37.3. The van der Waals surface area contributed by atoms with Crippen molar-refractivity contribution in [3.05, 3.63) is 45.0 Å². The van der Waals surface area contributed by atoms with Crippen LogP contribution in [-0.4, -0.2) is 65.3 Å². The number of phenols is 1. The first kappa shape index (κ1) is 39.9. The molecular weight excluding hydrogens is 895 g/mol. The van der Waals surface area contributed by atoms with E-state index >= 15 is 0 Å². The summed E-state index contributed by atoms with van der Waals surface area (Å²) in [4.78, 5) is 31.8. The molecule has 2 aliphatic carbocycles. The molecule has 287 valence electrons. The number of fused-ring (bicyclic) bond motifs is 9. The Hall–Kier alpha value is -2.37. The minimum atomic E-state index is -0.507. The number of nitrogens with one attached hydrogen (secondary N) is 1. The first-order valence-corrected chi connectivity index (χ1v) is 20.3. The summed E-state index contributed by atoms with van der Waals surface area (Å²) in [6.45, 7) is 6.29. The van der Waals surface area contributed by atoms with Crippen molar-refractivity contribution < 1.29 is 73.0 Å². The molecule has 1 unspecified atom stereocenters. The monoisotopic (exact) mass is 951 g/mol. The van der Waals surface area contributed by atoms with Gasteiger partial charge in [0.25, 0.3) is 0 Å². The number of nitriles is 1. The molecular formula is C43H56AcN4O6. The molecule has 2 N–H and O–H groups in total. The van der Waals surface area contributed by atoms with Crippen LogP contribution in [0.4, 0.5) is 0 Å². The largest absolute Gasteiger partial charge is 0.507 e. The predicted octanol–water partition coefficient (Wildman–Crippen LogP) is 7.17. The second-order valence-electron chi connectivity index (χ2n) is 16.9. The van der Waals surface area contributed by atoms with Crippen LogP contribution in [0.1, 0.15) is 134 Å². The number of carbonyl (C=O) groups is 2. The van der Waals surface area contributed by atoms with E-state index in [1.54, 1.807) is 0 Å². The summed E-state index contributed by atoms with van der Waals surface area (Å²) in [6.07, 6.45) is 14.7. The van der Waals surface area contributed by atoms with E-state index < -0.39 is 12.1 Å². The fourth-order valence-electron chi connectivity index (χ4n) is 10.9. The van der Waals surface area contributed by atoms with Crippen LogP contribution < -0.4 is 19.5 Å². The maximum atomic E-state index is 13.7. The van der Waals surface area contributed by atoms with Crippen molar-refractivity contribution in [2.24, 2.45) is 11.8 Å². The molecule has 3 fully saturated rings. The van der Waals surface area contributed by atoms with Gasteiger partial charge < -0.3 is 24.6 Å². The first-order chi connectivity index (χ1) is 25.7. The maximum absolute atomic E-state index is 13.7. The standard InChI is InChI=1S/C43H56N4O6.Ac/c1-24-17-29-19-31-33(21-44)47-32(39(46(31)4)37(29)41(25(24)2)53-36(49)16-15-27-11-7-5-8-12-27)20-30-38(43-42(51-23-52-43)26(3)40(30)50)34(47)22-45-35(48)18-28-13-9-6-10-14-28;/h17,27-28,31-34,39,50H,5-16,18-20,22-23H2,1-4H3,(H,45,48);/t31-,32?,33+,34+,39+;/m1./s1. The molecule has 11 heteroatoms. The predicted molar refractivity (Wildman–Crippen MR) is 200 cm³/mol. The number of aryl methyl sites for hydroxylation is 1. The summed E-state index contributed by atoms with van der Waals surface area (Å²) in [5.74, 6) is 2.75. The molecule has 6 aliphatic rings. The van der Waals surface area contributed by atoms with Gasteiger partial charge in [-0.15, -0.1) is 0 Å². The minimum absolute atomic E-state index is 0. The molecule has 8 rings (SSSR count). The van der Waals surface area contributed by atoms with E-state index in [0.29, 0.717) is 60.3 Å². The van der Waals surface area contributed by atoms with Gasteiger partial charge in [0.15, 0.2) is 11.5 Å². The minimum Gasteiger partial charge on any atom is -0.507 e. The second-order valence-corrected chi connectivity index (χ2v) is 16.9. The van der Waals surface area contributed by atoms with Crippen molar-refractivity contribution in [2.45, 2.75) is 147 Å². The third-order valence-corrected chi connectivity index (χ3v) is 13.8. The fraction of sp³-hybridized carbons (Fsp3) is 0.651. The van der Waals surface area contributed by atoms with Gasteiger partial charge in [-0.1, -0.05) is 57.4 Å². The molecule has 4 aliphatic heterocycles. The van der Waals surface area contributed by atoms with Crippen molar-refractivity contribution in [1.82, 2.24) is 15.1 Å². The number of carbonyl (C=O) groups excluding carboxylic acids is 2. The van der Waals surface area contributed by atoms with Crippen molar-refractivity contribution >= 4 is 11.9 Å². The Kier molecular flexibility index (Phi) is 12.3. The van der Waals surface area contributed by atoms with E-state index in [2.05, 4.69) is 41.2 Å². The smallest absolute Gasteiger partial charge is 0.311 e. The summed E-state index contributed by atoms with van der Waals surface area (Å²) >= 11 is 0. The van der Waals surface area contributed by atoms with Gasteiger partial charge in [-0.05, 0) is 88.4 Å². The van der Waals surface area contributed by atoms with Gasteiger partial charge in [-0.2, -0.15) is 5.26 Å². The Morgan fingerprint density at radius 3 is 2.33 bits per heavy atom. The molecule has 1 amide bonds. The molecule has 2 bridgehead atoms. The number of amides is 1. The van der Waals surface area contributed by atoms with Crippen LogP contribution in [0.5, 0.6) is 23.0 Å². The Morgan fingerprint density at radius 1 is 0.944 bits per heavy atom. The molecule has 1 saturated heterocycles. The van der Waals surface area contributed by atoms with E-state index in [-0.39, 0.29) is 93.2 Å². The molecule has 10 nitrogen and oxygen atoms in total. The van der Waals surface area contributed by atoms with Crippen LogP contribution in [0.15, 0.2) is 6.07 Å². The second kappa shape index (κ2) is 16.6. The van der Waals surface area contributed by atoms with Gasteiger partial charge in [0.05, 0.1) is 18.2 Å². The van der Waals surface area contributed by atoms with Gasteiger partial charge in [-0.3, -0.25) is 19.4 Å². The van der Waals surface area contributed by atoms with Crippen molar-refractivity contribution in [3.63, 3.8) is 0 Å². The Morgan fingerprint density at radius 2 is 1.63 bits per heavy atom. The zero-order chi connectivity index (χ0) is 37.0. The van der Waals surface area contributed by atoms with Gasteiger partial charge in [-0.25, -0.2) is 0 Å². The number of nitrogens with zero attached hydrogens (tertiary/aromatic N) is 3. The van der Waals surface area contributed by atoms with E-state index in [0.717, 1.165) is 52.6 Å². The van der Waals surface area contributed by atoms with E-state index in [1.807, 2.05) is 13.8 Å². The molecule has 0 spiro atoms. The van der Waals surface area contributed by atoms with Gasteiger partial charge >= 0.3 is 5.97 Å². The number of rotatable bonds is 8. The van der Waals surface area contributed by atoms with Crippen molar-refractivity contribution in [3.8, 4) is 29.1 Å². The van der Waals surface area contributed by atoms with Crippen LogP contribution >= 0.6 is 0 Å². The number of esters is 1. The van der Waals surface area contributed by atoms with Gasteiger partial charge in [0.2, 0.25) is 12.7 Å². The topological polar surface area (TPSA) is 124 Å². The normalized spacial score (nSPS) is 26.5. The van der Waals surface area contributed by atoms with Crippen LogP contribution in [-0.2, 0) is 22.4 Å². The molecule has 5 atom stereocenters. The quantitative estimate of drug-likeness (QED) is 0.210. The van der Waals surface area contributed by atoms with E-state index in [9.17, 15) is 20.0 Å². The third-order valence-electron chi connectivity index (χ3n) is 13.8. The Bertz CT molecular complexity index is 1810. The number of ether oxygens (including phenoxy) is 3. The molecule has 4 heterocycles. The number of hydrogen-bond donors (Lipinski definition) is 2. The Balaban J connectivity index is 0.00000450. The van der Waals surface area contributed by atoms with Crippen LogP contribution in [0.2, 0.25) is 0 Å². The first-order valence-electron chi connectivity index (χ1n) is 20.3. The van der Waals surface area contributed by atoms with Crippen LogP contribution in [0, 0.1) is 88.0 Å². The number of likely N-dealkylation sites (N-methyl/N-ethyl adjacent to an activating group) is 1.